The molecule has 1 aliphatic heterocycles. The lowest BCUT2D eigenvalue weighted by Gasteiger charge is -2.24. The quantitative estimate of drug-likeness (QED) is 0.368. The number of aromatic nitrogens is 1. The lowest BCUT2D eigenvalue weighted by Crippen LogP contribution is -2.39. The molecule has 0 bridgehead atoms. The van der Waals surface area contributed by atoms with Crippen LogP contribution in [0.4, 0.5) is 5.69 Å². The number of carbonyl (C=O) groups is 1. The van der Waals surface area contributed by atoms with E-state index in [-0.39, 0.29) is 27.1 Å². The number of thiazole rings is 1. The Morgan fingerprint density at radius 2 is 2.00 bits per heavy atom. The Balaban J connectivity index is 1.98. The average molecular weight is 451 g/mol. The number of fused-ring (bicyclic) bond motifs is 1. The first-order chi connectivity index (χ1) is 15.3. The summed E-state index contributed by atoms with van der Waals surface area (Å²) in [5.41, 5.74) is 0.848. The van der Waals surface area contributed by atoms with Crippen molar-refractivity contribution in [3.05, 3.63) is 101 Å². The minimum absolute atomic E-state index is 0.129. The number of ether oxygens (including phenoxy) is 1. The average Bonchev–Trinajstić information content (AvgIpc) is 3.08. The van der Waals surface area contributed by atoms with E-state index in [9.17, 15) is 24.8 Å². The third kappa shape index (κ3) is 3.60. The van der Waals surface area contributed by atoms with Crippen molar-refractivity contribution in [2.75, 3.05) is 7.11 Å². The fourth-order valence-corrected chi connectivity index (χ4v) is 4.59. The van der Waals surface area contributed by atoms with Crippen LogP contribution in [0.3, 0.4) is 0 Å². The summed E-state index contributed by atoms with van der Waals surface area (Å²) in [6.45, 7) is 1.67. The van der Waals surface area contributed by atoms with Crippen LogP contribution in [0.25, 0.3) is 6.08 Å². The summed E-state index contributed by atoms with van der Waals surface area (Å²) < 4.78 is 6.56. The monoisotopic (exact) mass is 451 g/mol. The molecule has 2 heterocycles. The smallest absolute Gasteiger partial charge is 0.338 e. The predicted octanol–water partition coefficient (Wildman–Crippen LogP) is 2.02. The van der Waals surface area contributed by atoms with Gasteiger partial charge in [0.25, 0.3) is 11.2 Å². The van der Waals surface area contributed by atoms with Crippen molar-refractivity contribution < 1.29 is 19.6 Å². The number of nitro groups is 1. The maximum Gasteiger partial charge on any atom is 0.338 e. The molecule has 10 heteroatoms. The van der Waals surface area contributed by atoms with Crippen LogP contribution in [0.15, 0.2) is 69.6 Å². The van der Waals surface area contributed by atoms with Crippen molar-refractivity contribution in [2.45, 2.75) is 13.0 Å². The van der Waals surface area contributed by atoms with Gasteiger partial charge in [-0.2, -0.15) is 0 Å². The van der Waals surface area contributed by atoms with Gasteiger partial charge < -0.3 is 9.84 Å². The molecule has 3 aromatic rings. The molecule has 0 saturated carbocycles. The number of aromatic hydroxyl groups is 1. The van der Waals surface area contributed by atoms with E-state index in [4.69, 9.17) is 4.74 Å². The number of nitro benzene ring substituents is 1. The molecule has 0 amide bonds. The first-order valence-corrected chi connectivity index (χ1v) is 10.3. The highest BCUT2D eigenvalue weighted by Crippen LogP contribution is 2.30. The number of esters is 1. The SMILES string of the molecule is COC(=O)C1=C(C)N=c2s/c(=C\c3cc([N+](=O)[O-])ccc3O)c(=O)n2[C@@H]1c1ccccc1. The predicted molar refractivity (Wildman–Crippen MR) is 117 cm³/mol. The molecule has 0 spiro atoms. The van der Waals surface area contributed by atoms with Gasteiger partial charge >= 0.3 is 5.97 Å². The van der Waals surface area contributed by atoms with Gasteiger partial charge in [-0.25, -0.2) is 9.79 Å². The topological polar surface area (TPSA) is 124 Å². The van der Waals surface area contributed by atoms with E-state index in [0.29, 0.717) is 16.1 Å². The van der Waals surface area contributed by atoms with Gasteiger partial charge in [-0.3, -0.25) is 19.5 Å². The molecule has 0 saturated heterocycles. The van der Waals surface area contributed by atoms with Crippen molar-refractivity contribution in [3.63, 3.8) is 0 Å². The molecule has 9 nitrogen and oxygen atoms in total. The van der Waals surface area contributed by atoms with E-state index in [1.165, 1.54) is 36.0 Å². The Labute approximate surface area is 185 Å². The lowest BCUT2D eigenvalue weighted by molar-refractivity contribution is -0.384. The largest absolute Gasteiger partial charge is 0.507 e. The molecule has 162 valence electrons. The van der Waals surface area contributed by atoms with Gasteiger partial charge in [0.2, 0.25) is 0 Å². The third-order valence-electron chi connectivity index (χ3n) is 5.05. The number of phenolic OH excluding ortho intramolecular Hbond substituents is 1. The zero-order valence-corrected chi connectivity index (χ0v) is 17.8. The number of non-ortho nitro benzene ring substituents is 1. The number of nitrogens with zero attached hydrogens (tertiary/aromatic N) is 3. The maximum absolute atomic E-state index is 13.4. The lowest BCUT2D eigenvalue weighted by atomic mass is 9.96. The Hall–Kier alpha value is -4.05. The number of rotatable bonds is 4. The maximum atomic E-state index is 13.4. The van der Waals surface area contributed by atoms with Gasteiger partial charge in [-0.15, -0.1) is 0 Å². The van der Waals surface area contributed by atoms with Crippen LogP contribution in [0, 0.1) is 10.1 Å². The van der Waals surface area contributed by atoms with Crippen LogP contribution >= 0.6 is 11.3 Å². The van der Waals surface area contributed by atoms with Gasteiger partial charge in [-0.05, 0) is 24.6 Å². The van der Waals surface area contributed by atoms with Gasteiger partial charge in [0.15, 0.2) is 4.80 Å². The summed E-state index contributed by atoms with van der Waals surface area (Å²) >= 11 is 1.06. The van der Waals surface area contributed by atoms with Crippen molar-refractivity contribution in [2.24, 2.45) is 4.99 Å². The van der Waals surface area contributed by atoms with E-state index in [2.05, 4.69) is 4.99 Å². The third-order valence-corrected chi connectivity index (χ3v) is 6.03. The first kappa shape index (κ1) is 21.2. The standard InChI is InChI=1S/C22H17N3O6S/c1-12-18(21(28)31-2)19(13-6-4-3-5-7-13)24-20(27)17(32-22(24)23-12)11-14-10-15(25(29)30)8-9-16(14)26/h3-11,19,26H,1-2H3/b17-11-/t19-/m1/s1. The number of allylic oxidation sites excluding steroid dienone is 1. The molecule has 0 unspecified atom stereocenters. The highest BCUT2D eigenvalue weighted by Gasteiger charge is 2.32. The fourth-order valence-electron chi connectivity index (χ4n) is 3.56. The number of phenols is 1. The summed E-state index contributed by atoms with van der Waals surface area (Å²) in [6, 6.07) is 11.8. The van der Waals surface area contributed by atoms with Gasteiger partial charge in [0.05, 0.1) is 33.9 Å². The molecule has 0 aliphatic carbocycles. The molecule has 1 N–H and O–H groups in total. The van der Waals surface area contributed by atoms with Crippen LogP contribution in [0.2, 0.25) is 0 Å². The normalized spacial score (nSPS) is 15.8. The number of hydrogen-bond donors (Lipinski definition) is 1. The summed E-state index contributed by atoms with van der Waals surface area (Å²) in [5.74, 6) is -0.793. The number of carbonyl (C=O) groups excluding carboxylic acids is 1. The summed E-state index contributed by atoms with van der Waals surface area (Å²) in [7, 11) is 1.26. The number of benzene rings is 2. The van der Waals surface area contributed by atoms with Crippen LogP contribution in [0.5, 0.6) is 5.75 Å². The Morgan fingerprint density at radius 1 is 1.28 bits per heavy atom. The van der Waals surface area contributed by atoms with Crippen LogP contribution < -0.4 is 14.9 Å². The molecular weight excluding hydrogens is 434 g/mol. The zero-order valence-electron chi connectivity index (χ0n) is 17.0. The van der Waals surface area contributed by atoms with E-state index in [1.54, 1.807) is 31.2 Å². The van der Waals surface area contributed by atoms with E-state index >= 15 is 0 Å². The first-order valence-electron chi connectivity index (χ1n) is 9.45. The zero-order chi connectivity index (χ0) is 23.0. The van der Waals surface area contributed by atoms with Crippen molar-refractivity contribution in [1.82, 2.24) is 4.57 Å². The second-order valence-electron chi connectivity index (χ2n) is 6.98. The Kier molecular flexibility index (Phi) is 5.45. The van der Waals surface area contributed by atoms with Gasteiger partial charge in [-0.1, -0.05) is 41.7 Å². The minimum atomic E-state index is -0.749. The van der Waals surface area contributed by atoms with E-state index in [1.807, 2.05) is 6.07 Å². The minimum Gasteiger partial charge on any atom is -0.507 e. The van der Waals surface area contributed by atoms with E-state index < -0.39 is 22.5 Å². The van der Waals surface area contributed by atoms with Crippen molar-refractivity contribution >= 4 is 29.1 Å². The highest BCUT2D eigenvalue weighted by atomic mass is 32.1. The Bertz CT molecular complexity index is 1450. The fraction of sp³-hybridized carbons (Fsp3) is 0.136. The second-order valence-corrected chi connectivity index (χ2v) is 7.99. The van der Waals surface area contributed by atoms with Crippen LogP contribution in [-0.2, 0) is 9.53 Å². The van der Waals surface area contributed by atoms with Crippen molar-refractivity contribution in [3.8, 4) is 5.75 Å². The highest BCUT2D eigenvalue weighted by molar-refractivity contribution is 7.07. The Morgan fingerprint density at radius 3 is 2.66 bits per heavy atom. The van der Waals surface area contributed by atoms with Crippen LogP contribution in [0.1, 0.15) is 24.1 Å². The molecule has 1 aromatic heterocycles. The summed E-state index contributed by atoms with van der Waals surface area (Å²) in [6.07, 6.45) is 1.38. The molecule has 0 radical (unpaired) electrons. The van der Waals surface area contributed by atoms with Crippen LogP contribution in [-0.4, -0.2) is 27.7 Å². The second kappa shape index (κ2) is 8.23. The number of methoxy groups -OCH3 is 1. The van der Waals surface area contributed by atoms with Gasteiger partial charge in [0, 0.05) is 17.7 Å². The molecular formula is C22H17N3O6S. The van der Waals surface area contributed by atoms with Crippen molar-refractivity contribution in [1.29, 1.82) is 0 Å². The molecule has 4 rings (SSSR count). The van der Waals surface area contributed by atoms with E-state index in [0.717, 1.165) is 11.3 Å². The molecule has 1 aliphatic rings. The molecule has 1 atom stereocenters. The summed E-state index contributed by atoms with van der Waals surface area (Å²) in [4.78, 5) is 41.3. The summed E-state index contributed by atoms with van der Waals surface area (Å²) in [5, 5.41) is 21.2. The number of hydrogen-bond acceptors (Lipinski definition) is 8. The molecule has 0 fully saturated rings. The molecule has 32 heavy (non-hydrogen) atoms. The molecule has 2 aromatic carbocycles. The van der Waals surface area contributed by atoms with Gasteiger partial charge in [0.1, 0.15) is 5.75 Å².